The van der Waals surface area contributed by atoms with E-state index in [1.54, 1.807) is 35.2 Å². The maximum absolute atomic E-state index is 13.4. The van der Waals surface area contributed by atoms with E-state index in [0.29, 0.717) is 61.7 Å². The van der Waals surface area contributed by atoms with E-state index in [-0.39, 0.29) is 17.9 Å². The number of ether oxygens (including phenoxy) is 2. The van der Waals surface area contributed by atoms with Crippen LogP contribution in [0.15, 0.2) is 77.8 Å². The lowest BCUT2D eigenvalue weighted by atomic mass is 10.0. The van der Waals surface area contributed by atoms with Gasteiger partial charge in [0.1, 0.15) is 19.0 Å². The van der Waals surface area contributed by atoms with Gasteiger partial charge in [-0.2, -0.15) is 5.26 Å². The maximum atomic E-state index is 13.4. The van der Waals surface area contributed by atoms with Crippen LogP contribution in [-0.2, 0) is 0 Å². The molecular weight excluding hydrogens is 475 g/mol. The fourth-order valence-electron chi connectivity index (χ4n) is 4.36. The molecule has 1 saturated heterocycles. The monoisotopic (exact) mass is 500 g/mol. The Hall–Kier alpha value is -4.78. The predicted octanol–water partition coefficient (Wildman–Crippen LogP) is 4.25. The highest BCUT2D eigenvalue weighted by Gasteiger charge is 2.33. The molecule has 10 heteroatoms. The normalized spacial score (nSPS) is 17.1. The summed E-state index contributed by atoms with van der Waals surface area (Å²) in [5, 5.41) is 15.0. The van der Waals surface area contributed by atoms with Gasteiger partial charge in [-0.05, 0) is 42.0 Å². The smallest absolute Gasteiger partial charge is 0.322 e. The van der Waals surface area contributed by atoms with E-state index in [1.165, 1.54) is 12.1 Å². The van der Waals surface area contributed by atoms with Gasteiger partial charge in [-0.1, -0.05) is 30.3 Å². The molecule has 9 nitrogen and oxygen atoms in total. The molecule has 0 radical (unpaired) electrons. The van der Waals surface area contributed by atoms with Gasteiger partial charge < -0.3 is 24.6 Å². The van der Waals surface area contributed by atoms with Crippen LogP contribution < -0.4 is 20.1 Å². The minimum absolute atomic E-state index is 0.254. The lowest BCUT2D eigenvalue weighted by molar-refractivity contribution is 0.135. The summed E-state index contributed by atoms with van der Waals surface area (Å²) < 4.78 is 24.5. The second-order valence-electron chi connectivity index (χ2n) is 8.50. The lowest BCUT2D eigenvalue weighted by Crippen LogP contribution is -2.55. The van der Waals surface area contributed by atoms with Gasteiger partial charge in [0.2, 0.25) is 5.96 Å². The summed E-state index contributed by atoms with van der Waals surface area (Å²) in [5.41, 5.74) is 2.06. The van der Waals surface area contributed by atoms with Crippen LogP contribution in [0, 0.1) is 17.3 Å². The number of aliphatic imine (C=N–C) groups is 1. The van der Waals surface area contributed by atoms with Crippen molar-refractivity contribution in [1.29, 1.82) is 5.26 Å². The number of urea groups is 1. The summed E-state index contributed by atoms with van der Waals surface area (Å²) in [4.78, 5) is 21.6. The van der Waals surface area contributed by atoms with Crippen LogP contribution in [0.5, 0.6) is 11.5 Å². The summed E-state index contributed by atoms with van der Waals surface area (Å²) >= 11 is 0. The zero-order valence-corrected chi connectivity index (χ0v) is 19.9. The molecule has 3 aromatic rings. The number of nitrogens with one attached hydrogen (secondary N) is 2. The van der Waals surface area contributed by atoms with E-state index in [9.17, 15) is 14.4 Å². The van der Waals surface area contributed by atoms with Crippen LogP contribution in [0.25, 0.3) is 0 Å². The van der Waals surface area contributed by atoms with Crippen LogP contribution in [0.1, 0.15) is 11.6 Å². The van der Waals surface area contributed by atoms with Gasteiger partial charge in [0.25, 0.3) is 0 Å². The van der Waals surface area contributed by atoms with E-state index in [4.69, 9.17) is 9.47 Å². The van der Waals surface area contributed by atoms with Crippen molar-refractivity contribution in [2.24, 2.45) is 4.99 Å². The number of hydrogen-bond acceptors (Lipinski definition) is 5. The quantitative estimate of drug-likeness (QED) is 0.241. The predicted molar refractivity (Wildman–Crippen MR) is 136 cm³/mol. The molecule has 0 aromatic heterocycles. The third-order valence-electron chi connectivity index (χ3n) is 6.15. The fourth-order valence-corrected chi connectivity index (χ4v) is 4.36. The van der Waals surface area contributed by atoms with Gasteiger partial charge in [0.15, 0.2) is 17.7 Å². The van der Waals surface area contributed by atoms with Gasteiger partial charge in [-0.3, -0.25) is 5.32 Å². The summed E-state index contributed by atoms with van der Waals surface area (Å²) in [6.45, 7) is 2.17. The number of amides is 2. The molecule has 2 N–H and O–H groups in total. The van der Waals surface area contributed by atoms with Crippen molar-refractivity contribution in [1.82, 2.24) is 15.1 Å². The molecule has 3 aromatic carbocycles. The topological polar surface area (TPSA) is 102 Å². The van der Waals surface area contributed by atoms with E-state index in [2.05, 4.69) is 15.6 Å². The number of fused-ring (bicyclic) bond motifs is 1. The second-order valence-corrected chi connectivity index (χ2v) is 8.50. The maximum Gasteiger partial charge on any atom is 0.322 e. The zero-order chi connectivity index (χ0) is 25.6. The highest BCUT2D eigenvalue weighted by Crippen LogP contribution is 2.33. The summed E-state index contributed by atoms with van der Waals surface area (Å²) in [6.07, 6.45) is 1.93. The van der Waals surface area contributed by atoms with Gasteiger partial charge in [-0.15, -0.1) is 0 Å². The van der Waals surface area contributed by atoms with Crippen molar-refractivity contribution >= 4 is 23.4 Å². The minimum atomic E-state index is -0.365. The Balaban J connectivity index is 1.38. The third kappa shape index (κ3) is 5.56. The molecule has 1 unspecified atom stereocenters. The molecule has 0 spiro atoms. The van der Waals surface area contributed by atoms with Crippen molar-refractivity contribution in [2.75, 3.05) is 38.2 Å². The van der Waals surface area contributed by atoms with E-state index >= 15 is 0 Å². The average molecular weight is 501 g/mol. The van der Waals surface area contributed by atoms with E-state index in [0.717, 1.165) is 5.56 Å². The molecule has 0 bridgehead atoms. The van der Waals surface area contributed by atoms with Crippen molar-refractivity contribution in [3.63, 3.8) is 0 Å². The SMILES string of the molecule is N#CNC(=Nc1ccc(F)cc1)N1CCN(C(=O)Nc2ccc3c(c2)OCCO3)C(c2ccccc2)C1. The van der Waals surface area contributed by atoms with Crippen molar-refractivity contribution in [2.45, 2.75) is 6.04 Å². The number of benzene rings is 3. The number of rotatable bonds is 3. The van der Waals surface area contributed by atoms with Crippen molar-refractivity contribution in [3.05, 3.63) is 84.2 Å². The van der Waals surface area contributed by atoms with Gasteiger partial charge in [0, 0.05) is 31.4 Å². The highest BCUT2D eigenvalue weighted by atomic mass is 19.1. The molecule has 2 heterocycles. The van der Waals surface area contributed by atoms with Crippen LogP contribution in [0.4, 0.5) is 20.6 Å². The number of nitriles is 1. The number of nitrogens with zero attached hydrogens (tertiary/aromatic N) is 4. The summed E-state index contributed by atoms with van der Waals surface area (Å²) in [6, 6.07) is 20.2. The Kier molecular flexibility index (Phi) is 7.03. The molecule has 0 aliphatic carbocycles. The van der Waals surface area contributed by atoms with Gasteiger partial charge in [0.05, 0.1) is 11.7 Å². The first-order valence-electron chi connectivity index (χ1n) is 11.9. The van der Waals surface area contributed by atoms with E-state index in [1.807, 2.05) is 41.4 Å². The highest BCUT2D eigenvalue weighted by molar-refractivity contribution is 5.90. The average Bonchev–Trinajstić information content (AvgIpc) is 2.94. The Morgan fingerprint density at radius 2 is 1.76 bits per heavy atom. The molecule has 1 fully saturated rings. The largest absolute Gasteiger partial charge is 0.486 e. The van der Waals surface area contributed by atoms with Gasteiger partial charge >= 0.3 is 6.03 Å². The molecular formula is C27H25FN6O3. The third-order valence-corrected chi connectivity index (χ3v) is 6.15. The molecule has 188 valence electrons. The van der Waals surface area contributed by atoms with Crippen LogP contribution in [-0.4, -0.2) is 54.6 Å². The number of guanidine groups is 1. The van der Waals surface area contributed by atoms with Crippen molar-refractivity contribution in [3.8, 4) is 17.7 Å². The van der Waals surface area contributed by atoms with E-state index < -0.39 is 0 Å². The molecule has 37 heavy (non-hydrogen) atoms. The fraction of sp³-hybridized carbons (Fsp3) is 0.222. The molecule has 2 aliphatic heterocycles. The number of piperazine rings is 1. The van der Waals surface area contributed by atoms with Gasteiger partial charge in [-0.25, -0.2) is 14.2 Å². The first-order valence-corrected chi connectivity index (χ1v) is 11.9. The molecule has 1 atom stereocenters. The zero-order valence-electron chi connectivity index (χ0n) is 19.9. The number of anilines is 1. The van der Waals surface area contributed by atoms with Crippen LogP contribution in [0.2, 0.25) is 0 Å². The lowest BCUT2D eigenvalue weighted by Gasteiger charge is -2.42. The molecule has 2 aliphatic rings. The number of carbonyl (C=O) groups is 1. The molecule has 5 rings (SSSR count). The second kappa shape index (κ2) is 10.9. The standard InChI is InChI=1S/C27H25FN6O3/c28-20-6-8-21(9-7-20)31-26(30-18-29)33-12-13-34(23(17-33)19-4-2-1-3-5-19)27(35)32-22-10-11-24-25(16-22)37-15-14-36-24/h1-11,16,23H,12-15,17H2,(H,30,31)(H,32,35). The first-order chi connectivity index (χ1) is 18.1. The first kappa shape index (κ1) is 23.9. The van der Waals surface area contributed by atoms with Crippen LogP contribution in [0.3, 0.4) is 0 Å². The number of hydrogen-bond donors (Lipinski definition) is 2. The Morgan fingerprint density at radius 1 is 1.00 bits per heavy atom. The Labute approximate surface area is 213 Å². The Morgan fingerprint density at radius 3 is 2.51 bits per heavy atom. The molecule has 2 amide bonds. The summed E-state index contributed by atoms with van der Waals surface area (Å²) in [7, 11) is 0. The summed E-state index contributed by atoms with van der Waals surface area (Å²) in [5.74, 6) is 1.22. The van der Waals surface area contributed by atoms with Crippen LogP contribution >= 0.6 is 0 Å². The van der Waals surface area contributed by atoms with Crippen molar-refractivity contribution < 1.29 is 18.7 Å². The Bertz CT molecular complexity index is 1330. The number of carbonyl (C=O) groups excluding carboxylic acids is 1. The number of halogens is 1. The minimum Gasteiger partial charge on any atom is -0.486 e. The molecule has 0 saturated carbocycles.